The summed E-state index contributed by atoms with van der Waals surface area (Å²) in [7, 11) is 0. The van der Waals surface area contributed by atoms with Gasteiger partial charge in [0.05, 0.1) is 5.88 Å². The Morgan fingerprint density at radius 1 is 1.88 bits per heavy atom. The molecule has 3 heteroatoms. The van der Waals surface area contributed by atoms with Crippen LogP contribution in [0.5, 0.6) is 0 Å². The summed E-state index contributed by atoms with van der Waals surface area (Å²) in [6.07, 6.45) is 0.531. The summed E-state index contributed by atoms with van der Waals surface area (Å²) < 4.78 is 0. The number of hydrogen-bond donors (Lipinski definition) is 0. The molecular formula is C5H8BrClO. The summed E-state index contributed by atoms with van der Waals surface area (Å²) in [4.78, 5) is 10.7. The molecule has 0 aromatic carbocycles. The summed E-state index contributed by atoms with van der Waals surface area (Å²) in [6, 6.07) is 0. The standard InChI is InChI=1S/C5H8BrClO/c1-4(6)2-5(8)3-7/h4H,2-3H2,1H3. The van der Waals surface area contributed by atoms with Gasteiger partial charge in [-0.3, -0.25) is 4.79 Å². The molecule has 0 N–H and O–H groups in total. The molecule has 0 rings (SSSR count). The van der Waals surface area contributed by atoms with Crippen LogP contribution in [-0.2, 0) is 4.79 Å². The van der Waals surface area contributed by atoms with Crippen molar-refractivity contribution in [3.05, 3.63) is 0 Å². The van der Waals surface area contributed by atoms with Gasteiger partial charge in [0.2, 0.25) is 0 Å². The Kier molecular flexibility index (Phi) is 4.57. The molecule has 0 aromatic heterocycles. The molecule has 0 saturated heterocycles. The van der Waals surface area contributed by atoms with E-state index in [0.29, 0.717) is 6.42 Å². The van der Waals surface area contributed by atoms with Gasteiger partial charge in [-0.05, 0) is 0 Å². The first-order valence-electron chi connectivity index (χ1n) is 2.38. The van der Waals surface area contributed by atoms with Crippen molar-refractivity contribution in [1.82, 2.24) is 0 Å². The van der Waals surface area contributed by atoms with Crippen molar-refractivity contribution in [2.75, 3.05) is 5.88 Å². The zero-order valence-electron chi connectivity index (χ0n) is 4.66. The third kappa shape index (κ3) is 4.60. The van der Waals surface area contributed by atoms with Crippen molar-refractivity contribution in [2.45, 2.75) is 18.2 Å². The summed E-state index contributed by atoms with van der Waals surface area (Å²) in [5.74, 6) is 0.228. The highest BCUT2D eigenvalue weighted by molar-refractivity contribution is 9.09. The SMILES string of the molecule is CC(Br)CC(=O)CCl. The summed E-state index contributed by atoms with van der Waals surface area (Å²) in [6.45, 7) is 1.92. The molecule has 0 fully saturated rings. The Morgan fingerprint density at radius 3 is 2.50 bits per heavy atom. The predicted octanol–water partition coefficient (Wildman–Crippen LogP) is 1.97. The Labute approximate surface area is 62.5 Å². The number of hydrogen-bond acceptors (Lipinski definition) is 1. The van der Waals surface area contributed by atoms with E-state index in [-0.39, 0.29) is 16.5 Å². The van der Waals surface area contributed by atoms with E-state index in [2.05, 4.69) is 15.9 Å². The molecule has 8 heavy (non-hydrogen) atoms. The smallest absolute Gasteiger partial charge is 0.148 e. The molecular weight excluding hydrogens is 191 g/mol. The van der Waals surface area contributed by atoms with Crippen LogP contribution in [0, 0.1) is 0 Å². The molecule has 0 aliphatic carbocycles. The minimum Gasteiger partial charge on any atom is -0.298 e. The van der Waals surface area contributed by atoms with Crippen LogP contribution in [-0.4, -0.2) is 16.5 Å². The number of carbonyl (C=O) groups excluding carboxylic acids is 1. The maximum atomic E-state index is 10.5. The highest BCUT2D eigenvalue weighted by Crippen LogP contribution is 2.03. The van der Waals surface area contributed by atoms with Gasteiger partial charge in [-0.1, -0.05) is 22.9 Å². The maximum Gasteiger partial charge on any atom is 0.148 e. The lowest BCUT2D eigenvalue weighted by Crippen LogP contribution is -2.04. The molecule has 0 spiro atoms. The second-order valence-electron chi connectivity index (χ2n) is 1.66. The van der Waals surface area contributed by atoms with E-state index in [1.807, 2.05) is 6.92 Å². The van der Waals surface area contributed by atoms with E-state index in [4.69, 9.17) is 11.6 Å². The van der Waals surface area contributed by atoms with Gasteiger partial charge in [0.1, 0.15) is 5.78 Å². The third-order valence-electron chi connectivity index (χ3n) is 0.658. The van der Waals surface area contributed by atoms with Crippen LogP contribution in [0.25, 0.3) is 0 Å². The van der Waals surface area contributed by atoms with Crippen LogP contribution >= 0.6 is 27.5 Å². The van der Waals surface area contributed by atoms with E-state index >= 15 is 0 Å². The lowest BCUT2D eigenvalue weighted by atomic mass is 10.3. The molecule has 1 atom stereocenters. The van der Waals surface area contributed by atoms with E-state index in [0.717, 1.165) is 0 Å². The third-order valence-corrected chi connectivity index (χ3v) is 1.28. The number of alkyl halides is 2. The van der Waals surface area contributed by atoms with Gasteiger partial charge in [-0.2, -0.15) is 0 Å². The van der Waals surface area contributed by atoms with Gasteiger partial charge in [0.25, 0.3) is 0 Å². The van der Waals surface area contributed by atoms with Gasteiger partial charge in [-0.15, -0.1) is 11.6 Å². The van der Waals surface area contributed by atoms with Gasteiger partial charge in [-0.25, -0.2) is 0 Å². The average molecular weight is 199 g/mol. The molecule has 0 saturated carbocycles. The van der Waals surface area contributed by atoms with Crippen molar-refractivity contribution in [1.29, 1.82) is 0 Å². The molecule has 0 heterocycles. The van der Waals surface area contributed by atoms with Gasteiger partial charge in [0.15, 0.2) is 0 Å². The molecule has 48 valence electrons. The average Bonchev–Trinajstić information content (AvgIpc) is 1.65. The second-order valence-corrected chi connectivity index (χ2v) is 3.49. The lowest BCUT2D eigenvalue weighted by Gasteiger charge is -1.96. The van der Waals surface area contributed by atoms with Crippen molar-refractivity contribution >= 4 is 33.3 Å². The van der Waals surface area contributed by atoms with Crippen molar-refractivity contribution in [2.24, 2.45) is 0 Å². The number of carbonyl (C=O) groups is 1. The van der Waals surface area contributed by atoms with Crippen molar-refractivity contribution in [3.63, 3.8) is 0 Å². The van der Waals surface area contributed by atoms with E-state index in [1.54, 1.807) is 0 Å². The fourth-order valence-electron chi connectivity index (χ4n) is 0.368. The quantitative estimate of drug-likeness (QED) is 0.635. The van der Waals surface area contributed by atoms with Gasteiger partial charge in [0, 0.05) is 11.2 Å². The van der Waals surface area contributed by atoms with Gasteiger partial charge >= 0.3 is 0 Å². The molecule has 0 aliphatic heterocycles. The second kappa shape index (κ2) is 4.33. The number of ketones is 1. The zero-order valence-corrected chi connectivity index (χ0v) is 7.00. The van der Waals surface area contributed by atoms with Crippen LogP contribution in [0.3, 0.4) is 0 Å². The Hall–Kier alpha value is 0.440. The first-order valence-corrected chi connectivity index (χ1v) is 3.83. The lowest BCUT2D eigenvalue weighted by molar-refractivity contribution is -0.116. The maximum absolute atomic E-state index is 10.5. The molecule has 0 aliphatic rings. The molecule has 0 amide bonds. The molecule has 0 radical (unpaired) electrons. The highest BCUT2D eigenvalue weighted by atomic mass is 79.9. The number of halogens is 2. The molecule has 0 bridgehead atoms. The van der Waals surface area contributed by atoms with E-state index in [1.165, 1.54) is 0 Å². The minimum atomic E-state index is 0.0936. The normalized spacial score (nSPS) is 13.4. The van der Waals surface area contributed by atoms with Crippen molar-refractivity contribution in [3.8, 4) is 0 Å². The van der Waals surface area contributed by atoms with Crippen molar-refractivity contribution < 1.29 is 4.79 Å². The van der Waals surface area contributed by atoms with E-state index in [9.17, 15) is 4.79 Å². The monoisotopic (exact) mass is 198 g/mol. The molecule has 0 aromatic rings. The van der Waals surface area contributed by atoms with Crippen LogP contribution in [0.15, 0.2) is 0 Å². The first kappa shape index (κ1) is 8.44. The fourth-order valence-corrected chi connectivity index (χ4v) is 0.838. The van der Waals surface area contributed by atoms with Crippen LogP contribution < -0.4 is 0 Å². The van der Waals surface area contributed by atoms with Crippen LogP contribution in [0.4, 0.5) is 0 Å². The summed E-state index contributed by atoms with van der Waals surface area (Å²) >= 11 is 8.46. The predicted molar refractivity (Wildman–Crippen MR) is 38.7 cm³/mol. The largest absolute Gasteiger partial charge is 0.298 e. The fraction of sp³-hybridized carbons (Fsp3) is 0.800. The molecule has 1 unspecified atom stereocenters. The summed E-state index contributed by atoms with van der Waals surface area (Å²) in [5.41, 5.74) is 0. The number of Topliss-reactive ketones (excluding diaryl/α,β-unsaturated/α-hetero) is 1. The minimum absolute atomic E-state index is 0.0936. The number of rotatable bonds is 3. The highest BCUT2D eigenvalue weighted by Gasteiger charge is 2.02. The Bertz CT molecular complexity index is 82.5. The Morgan fingerprint density at radius 2 is 2.38 bits per heavy atom. The molecule has 1 nitrogen and oxygen atoms in total. The van der Waals surface area contributed by atoms with Crippen LogP contribution in [0.1, 0.15) is 13.3 Å². The Balaban J connectivity index is 3.25. The summed E-state index contributed by atoms with van der Waals surface area (Å²) in [5, 5.41) is 0. The van der Waals surface area contributed by atoms with E-state index < -0.39 is 0 Å². The van der Waals surface area contributed by atoms with Gasteiger partial charge < -0.3 is 0 Å². The topological polar surface area (TPSA) is 17.1 Å². The zero-order chi connectivity index (χ0) is 6.57. The first-order chi connectivity index (χ1) is 3.66. The van der Waals surface area contributed by atoms with Crippen LogP contribution in [0.2, 0.25) is 0 Å².